The van der Waals surface area contributed by atoms with E-state index in [1.54, 1.807) is 6.92 Å². The molecule has 2 aromatic rings. The van der Waals surface area contributed by atoms with E-state index in [9.17, 15) is 49.1 Å². The third-order valence-electron chi connectivity index (χ3n) is 7.09. The number of nitrogens with zero attached hydrogens (tertiary/aromatic N) is 2. The fourth-order valence-corrected chi connectivity index (χ4v) is 5.28. The van der Waals surface area contributed by atoms with E-state index < -0.39 is 82.7 Å². The van der Waals surface area contributed by atoms with Crippen LogP contribution in [0.1, 0.15) is 61.4 Å². The predicted molar refractivity (Wildman–Crippen MR) is 132 cm³/mol. The van der Waals surface area contributed by atoms with E-state index in [1.807, 2.05) is 0 Å². The molecule has 1 heterocycles. The second-order valence-corrected chi connectivity index (χ2v) is 9.69. The molecular weight excluding hydrogens is 587 g/mol. The standard InChI is InChI=1S/C27H28F9N2O4/c1-4-10-42-24(40)38(27(34,35)36)19(5-2)14-21(20-8-6-7-9-22(20)38)37(23(39)41-3)15-16-11-17(25(28,29)30)13-18(12-16)26(31,32)33/h6-9,11-13,19,21H,4-5,10,14-15H2,1-3H3/q+1/t19-,21+,38?/m1/s1. The van der Waals surface area contributed by atoms with E-state index in [-0.39, 0.29) is 31.1 Å². The van der Waals surface area contributed by atoms with Gasteiger partial charge in [-0.25, -0.2) is 4.79 Å². The van der Waals surface area contributed by atoms with Gasteiger partial charge in [0.05, 0.1) is 30.9 Å². The van der Waals surface area contributed by atoms with Crippen LogP contribution in [0.3, 0.4) is 0 Å². The number of para-hydroxylation sites is 1. The Morgan fingerprint density at radius 3 is 1.98 bits per heavy atom. The smallest absolute Gasteiger partial charge is 0.453 e. The number of halogens is 9. The van der Waals surface area contributed by atoms with Gasteiger partial charge in [-0.3, -0.25) is 4.90 Å². The molecule has 0 saturated carbocycles. The average molecular weight is 616 g/mol. The van der Waals surface area contributed by atoms with E-state index in [4.69, 9.17) is 9.47 Å². The monoisotopic (exact) mass is 615 g/mol. The Kier molecular flexibility index (Phi) is 9.45. The largest absolute Gasteiger partial charge is 0.576 e. The number of amides is 2. The van der Waals surface area contributed by atoms with Crippen LogP contribution in [0.15, 0.2) is 42.5 Å². The highest BCUT2D eigenvalue weighted by molar-refractivity contribution is 5.86. The molecule has 0 radical (unpaired) electrons. The minimum absolute atomic E-state index is 0.0773. The van der Waals surface area contributed by atoms with Crippen LogP contribution in [0.2, 0.25) is 0 Å². The quantitative estimate of drug-likeness (QED) is 0.186. The summed E-state index contributed by atoms with van der Waals surface area (Å²) in [5, 5.41) is 0. The molecule has 232 valence electrons. The van der Waals surface area contributed by atoms with E-state index in [0.29, 0.717) is 12.1 Å². The molecule has 6 nitrogen and oxygen atoms in total. The zero-order valence-corrected chi connectivity index (χ0v) is 22.7. The minimum Gasteiger partial charge on any atom is -0.453 e. The van der Waals surface area contributed by atoms with Crippen molar-refractivity contribution in [2.45, 2.75) is 70.4 Å². The Balaban J connectivity index is 2.24. The van der Waals surface area contributed by atoms with Crippen molar-refractivity contribution in [2.75, 3.05) is 13.7 Å². The topological polar surface area (TPSA) is 55.8 Å². The fourth-order valence-electron chi connectivity index (χ4n) is 5.28. The van der Waals surface area contributed by atoms with Crippen LogP contribution in [-0.2, 0) is 28.4 Å². The zero-order chi connectivity index (χ0) is 31.7. The highest BCUT2D eigenvalue weighted by Crippen LogP contribution is 2.52. The van der Waals surface area contributed by atoms with Crippen LogP contribution in [0.5, 0.6) is 0 Å². The first-order chi connectivity index (χ1) is 19.4. The summed E-state index contributed by atoms with van der Waals surface area (Å²) in [6.07, 6.45) is -18.9. The highest BCUT2D eigenvalue weighted by Gasteiger charge is 2.70. The van der Waals surface area contributed by atoms with Crippen molar-refractivity contribution in [1.82, 2.24) is 9.38 Å². The summed E-state index contributed by atoms with van der Waals surface area (Å²) in [5.41, 5.74) is -4.61. The summed E-state index contributed by atoms with van der Waals surface area (Å²) in [4.78, 5) is 26.9. The second-order valence-electron chi connectivity index (χ2n) is 9.69. The van der Waals surface area contributed by atoms with Crippen LogP contribution in [0, 0.1) is 0 Å². The third-order valence-corrected chi connectivity index (χ3v) is 7.09. The lowest BCUT2D eigenvalue weighted by Gasteiger charge is -2.47. The number of hydrogen-bond donors (Lipinski definition) is 0. The summed E-state index contributed by atoms with van der Waals surface area (Å²) in [6, 6.07) is 2.69. The van der Waals surface area contributed by atoms with Gasteiger partial charge in [-0.15, -0.1) is 13.2 Å². The average Bonchev–Trinajstić information content (AvgIpc) is 2.91. The molecule has 1 aliphatic rings. The molecule has 0 fully saturated rings. The number of carbonyl (C=O) groups excluding carboxylic acids is 2. The van der Waals surface area contributed by atoms with Crippen molar-refractivity contribution in [3.05, 3.63) is 64.7 Å². The molecule has 42 heavy (non-hydrogen) atoms. The number of carbonyl (C=O) groups is 2. The number of quaternary nitrogens is 1. The Hall–Kier alpha value is -3.49. The van der Waals surface area contributed by atoms with E-state index in [0.717, 1.165) is 18.1 Å². The number of ether oxygens (including phenoxy) is 2. The normalized spacial score (nSPS) is 21.0. The number of hydrogen-bond acceptors (Lipinski definition) is 4. The summed E-state index contributed by atoms with van der Waals surface area (Å²) >= 11 is 0. The van der Waals surface area contributed by atoms with E-state index in [1.165, 1.54) is 25.1 Å². The SMILES string of the molecule is CCCOC(=O)[N+]1(C(F)(F)F)c2ccccc2[C@@H](N(Cc2cc(C(F)(F)F)cc(C(F)(F)F)c2)C(=O)OC)C[C@H]1CC. The number of fused-ring (bicyclic) bond motifs is 1. The van der Waals surface area contributed by atoms with Crippen LogP contribution in [-0.4, -0.2) is 43.1 Å². The molecule has 0 aliphatic carbocycles. The first-order valence-electron chi connectivity index (χ1n) is 12.8. The van der Waals surface area contributed by atoms with Crippen LogP contribution in [0.25, 0.3) is 0 Å². The lowest BCUT2D eigenvalue weighted by Crippen LogP contribution is -2.71. The first-order valence-corrected chi connectivity index (χ1v) is 12.8. The molecule has 0 saturated heterocycles. The number of rotatable bonds is 6. The minimum atomic E-state index is -5.22. The van der Waals surface area contributed by atoms with Crippen LogP contribution < -0.4 is 4.48 Å². The van der Waals surface area contributed by atoms with Crippen molar-refractivity contribution in [1.29, 1.82) is 0 Å². The number of methoxy groups -OCH3 is 1. The van der Waals surface area contributed by atoms with Crippen LogP contribution in [0.4, 0.5) is 54.8 Å². The number of alkyl halides is 9. The van der Waals surface area contributed by atoms with Gasteiger partial charge in [-0.2, -0.15) is 31.1 Å². The van der Waals surface area contributed by atoms with Gasteiger partial charge >= 0.3 is 30.8 Å². The Morgan fingerprint density at radius 2 is 1.50 bits per heavy atom. The third kappa shape index (κ3) is 6.15. The lowest BCUT2D eigenvalue weighted by atomic mass is 9.86. The van der Waals surface area contributed by atoms with Crippen molar-refractivity contribution in [3.63, 3.8) is 0 Å². The van der Waals surface area contributed by atoms with Gasteiger partial charge in [-0.1, -0.05) is 36.5 Å². The highest BCUT2D eigenvalue weighted by atomic mass is 19.4. The summed E-state index contributed by atoms with van der Waals surface area (Å²) in [6.45, 7) is 1.80. The van der Waals surface area contributed by atoms with Gasteiger partial charge in [0.15, 0.2) is 5.69 Å². The Bertz CT molecular complexity index is 1260. The van der Waals surface area contributed by atoms with E-state index >= 15 is 0 Å². The molecule has 15 heteroatoms. The zero-order valence-electron chi connectivity index (χ0n) is 22.7. The summed E-state index contributed by atoms with van der Waals surface area (Å²) in [5.74, 6) is 0. The van der Waals surface area contributed by atoms with Gasteiger partial charge < -0.3 is 9.47 Å². The van der Waals surface area contributed by atoms with Crippen molar-refractivity contribution >= 4 is 17.9 Å². The molecule has 1 unspecified atom stereocenters. The maximum Gasteiger partial charge on any atom is 0.576 e. The summed E-state index contributed by atoms with van der Waals surface area (Å²) in [7, 11) is 0.910. The molecule has 3 atom stereocenters. The van der Waals surface area contributed by atoms with Crippen molar-refractivity contribution in [3.8, 4) is 0 Å². The molecule has 1 aliphatic heterocycles. The van der Waals surface area contributed by atoms with Gasteiger partial charge in [-0.05, 0) is 36.6 Å². The van der Waals surface area contributed by atoms with Crippen molar-refractivity contribution < 1.29 is 58.6 Å². The Labute approximate surface area is 235 Å². The van der Waals surface area contributed by atoms with Gasteiger partial charge in [0.1, 0.15) is 6.04 Å². The maximum atomic E-state index is 15.0. The van der Waals surface area contributed by atoms with Gasteiger partial charge in [0.25, 0.3) is 0 Å². The molecule has 0 aromatic heterocycles. The molecule has 3 rings (SSSR count). The molecule has 2 amide bonds. The van der Waals surface area contributed by atoms with Crippen LogP contribution >= 0.6 is 0 Å². The predicted octanol–water partition coefficient (Wildman–Crippen LogP) is 8.59. The molecule has 2 aromatic carbocycles. The molecule has 0 N–H and O–H groups in total. The lowest BCUT2D eigenvalue weighted by molar-refractivity contribution is -0.240. The number of benzene rings is 2. The fraction of sp³-hybridized carbons (Fsp3) is 0.481. The van der Waals surface area contributed by atoms with Crippen molar-refractivity contribution in [2.24, 2.45) is 0 Å². The molecular formula is C27H28F9N2O4+. The summed E-state index contributed by atoms with van der Waals surface area (Å²) < 4.78 is 133. The van der Waals surface area contributed by atoms with Gasteiger partial charge in [0.2, 0.25) is 0 Å². The molecule has 0 spiro atoms. The first kappa shape index (κ1) is 33.0. The van der Waals surface area contributed by atoms with Gasteiger partial charge in [0, 0.05) is 24.6 Å². The molecule has 0 bridgehead atoms. The maximum absolute atomic E-state index is 15.0. The van der Waals surface area contributed by atoms with E-state index in [2.05, 4.69) is 0 Å². The second kappa shape index (κ2) is 12.0. The Morgan fingerprint density at radius 1 is 0.929 bits per heavy atom.